The van der Waals surface area contributed by atoms with E-state index in [-0.39, 0.29) is 5.82 Å². The minimum absolute atomic E-state index is 0.265. The normalized spacial score (nSPS) is 12.0. The molecule has 0 aliphatic carbocycles. The molecular weight excluding hydrogens is 465 g/mol. The number of halogens is 3. The Bertz CT molecular complexity index is 1510. The van der Waals surface area contributed by atoms with Crippen LogP contribution in [0.15, 0.2) is 73.1 Å². The summed E-state index contributed by atoms with van der Waals surface area (Å²) in [6.07, 6.45) is -1.59. The number of hydrogen-bond donors (Lipinski definition) is 1. The van der Waals surface area contributed by atoms with Crippen molar-refractivity contribution in [2.24, 2.45) is 7.05 Å². The number of imidazole rings is 1. The van der Waals surface area contributed by atoms with Gasteiger partial charge in [0.25, 0.3) is 0 Å². The van der Waals surface area contributed by atoms with Gasteiger partial charge in [0, 0.05) is 37.1 Å². The molecule has 0 amide bonds. The number of benzene rings is 2. The third kappa shape index (κ3) is 4.56. The van der Waals surface area contributed by atoms with Crippen LogP contribution in [0.1, 0.15) is 36.6 Å². The Morgan fingerprint density at radius 3 is 2.39 bits per heavy atom. The van der Waals surface area contributed by atoms with Crippen molar-refractivity contribution in [3.63, 3.8) is 0 Å². The van der Waals surface area contributed by atoms with Gasteiger partial charge in [0.05, 0.1) is 0 Å². The number of nitrogens with one attached hydrogen (secondary N) is 1. The number of fused-ring (bicyclic) bond motifs is 1. The third-order valence-electron chi connectivity index (χ3n) is 6.05. The van der Waals surface area contributed by atoms with Gasteiger partial charge >= 0.3 is 6.18 Å². The molecule has 0 aliphatic rings. The zero-order valence-electron chi connectivity index (χ0n) is 20.1. The van der Waals surface area contributed by atoms with Gasteiger partial charge in [-0.15, -0.1) is 5.10 Å². The highest BCUT2D eigenvalue weighted by Crippen LogP contribution is 2.31. The van der Waals surface area contributed by atoms with E-state index in [0.717, 1.165) is 22.8 Å². The zero-order chi connectivity index (χ0) is 25.4. The maximum atomic E-state index is 13.0. The van der Waals surface area contributed by atoms with Crippen molar-refractivity contribution < 1.29 is 13.2 Å². The smallest absolute Gasteiger partial charge is 0.364 e. The maximum Gasteiger partial charge on any atom is 0.434 e. The summed E-state index contributed by atoms with van der Waals surface area (Å²) in [5.74, 6) is 1.93. The summed E-state index contributed by atoms with van der Waals surface area (Å²) in [4.78, 5) is 8.60. The molecule has 6 nitrogen and oxygen atoms in total. The Balaban J connectivity index is 1.40. The van der Waals surface area contributed by atoms with Crippen LogP contribution in [0, 0.1) is 0 Å². The molecular formula is C27H25F3N6. The number of nitrogens with zero attached hydrogens (tertiary/aromatic N) is 5. The molecule has 3 heterocycles. The van der Waals surface area contributed by atoms with Gasteiger partial charge in [0.2, 0.25) is 0 Å². The fourth-order valence-corrected chi connectivity index (χ4v) is 4.21. The molecule has 0 radical (unpaired) electrons. The van der Waals surface area contributed by atoms with Crippen LogP contribution in [0.25, 0.3) is 28.3 Å². The second-order valence-electron chi connectivity index (χ2n) is 8.97. The highest BCUT2D eigenvalue weighted by molar-refractivity contribution is 5.71. The van der Waals surface area contributed by atoms with Gasteiger partial charge in [-0.2, -0.15) is 13.2 Å². The SMILES string of the molecule is CC(C)c1ccccc1-c1nc(NCc2ccc(-c3nc(C(F)(F)F)cn3C)cc2)c2cccn2n1. The lowest BCUT2D eigenvalue weighted by Crippen LogP contribution is -2.07. The van der Waals surface area contributed by atoms with Crippen LogP contribution in [0.5, 0.6) is 0 Å². The summed E-state index contributed by atoms with van der Waals surface area (Å²) in [6.45, 7) is 4.77. The molecule has 36 heavy (non-hydrogen) atoms. The van der Waals surface area contributed by atoms with Crippen LogP contribution in [0.2, 0.25) is 0 Å². The summed E-state index contributed by atoms with van der Waals surface area (Å²) in [7, 11) is 1.56. The summed E-state index contributed by atoms with van der Waals surface area (Å²) in [6, 6.07) is 19.3. The quantitative estimate of drug-likeness (QED) is 0.293. The van der Waals surface area contributed by atoms with Crippen LogP contribution in [-0.2, 0) is 19.8 Å². The molecule has 9 heteroatoms. The third-order valence-corrected chi connectivity index (χ3v) is 6.05. The fraction of sp³-hybridized carbons (Fsp3) is 0.222. The predicted octanol–water partition coefficient (Wildman–Crippen LogP) is 6.55. The van der Waals surface area contributed by atoms with Gasteiger partial charge in [0.15, 0.2) is 17.3 Å². The van der Waals surface area contributed by atoms with Crippen LogP contribution in [0.3, 0.4) is 0 Å². The van der Waals surface area contributed by atoms with E-state index in [0.29, 0.717) is 29.7 Å². The second-order valence-corrected chi connectivity index (χ2v) is 8.97. The molecule has 0 aliphatic heterocycles. The van der Waals surface area contributed by atoms with Crippen molar-refractivity contribution in [3.05, 3.63) is 89.9 Å². The van der Waals surface area contributed by atoms with Gasteiger partial charge < -0.3 is 9.88 Å². The number of rotatable bonds is 6. The highest BCUT2D eigenvalue weighted by atomic mass is 19.4. The molecule has 184 valence electrons. The van der Waals surface area contributed by atoms with Gasteiger partial charge in [-0.1, -0.05) is 62.4 Å². The number of aromatic nitrogens is 5. The molecule has 5 aromatic rings. The molecule has 3 aromatic heterocycles. The number of anilines is 1. The molecule has 0 spiro atoms. The van der Waals surface area contributed by atoms with Crippen molar-refractivity contribution in [3.8, 4) is 22.8 Å². The van der Waals surface area contributed by atoms with Gasteiger partial charge in [-0.05, 0) is 29.2 Å². The van der Waals surface area contributed by atoms with E-state index < -0.39 is 11.9 Å². The summed E-state index contributed by atoms with van der Waals surface area (Å²) >= 11 is 0. The number of aryl methyl sites for hydroxylation is 1. The Labute approximate surface area is 206 Å². The van der Waals surface area contributed by atoms with Gasteiger partial charge in [-0.3, -0.25) is 0 Å². The van der Waals surface area contributed by atoms with Crippen LogP contribution in [0.4, 0.5) is 19.0 Å². The van der Waals surface area contributed by atoms with Crippen molar-refractivity contribution in [2.45, 2.75) is 32.5 Å². The Kier molecular flexibility index (Phi) is 5.99. The summed E-state index contributed by atoms with van der Waals surface area (Å²) in [5, 5.41) is 8.12. The van der Waals surface area contributed by atoms with Gasteiger partial charge in [0.1, 0.15) is 11.3 Å². The largest absolute Gasteiger partial charge is 0.434 e. The lowest BCUT2D eigenvalue weighted by molar-refractivity contribution is -0.140. The molecule has 0 saturated carbocycles. The summed E-state index contributed by atoms with van der Waals surface area (Å²) < 4.78 is 42.2. The van der Waals surface area contributed by atoms with Crippen LogP contribution in [-0.4, -0.2) is 24.1 Å². The van der Waals surface area contributed by atoms with E-state index >= 15 is 0 Å². The lowest BCUT2D eigenvalue weighted by atomic mass is 9.97. The minimum Gasteiger partial charge on any atom is -0.364 e. The highest BCUT2D eigenvalue weighted by Gasteiger charge is 2.34. The van der Waals surface area contributed by atoms with Crippen LogP contribution < -0.4 is 5.32 Å². The van der Waals surface area contributed by atoms with E-state index in [9.17, 15) is 13.2 Å². The average Bonchev–Trinajstić information content (AvgIpc) is 3.49. The fourth-order valence-electron chi connectivity index (χ4n) is 4.21. The van der Waals surface area contributed by atoms with E-state index in [2.05, 4.69) is 30.2 Å². The standard InChI is InChI=1S/C27H25F3N6/c1-17(2)20-7-4-5-8-21(20)24-33-25(22-9-6-14-36(22)34-24)31-15-18-10-12-19(13-11-18)26-32-23(16-35(26)3)27(28,29)30/h4-14,16-17H,15H2,1-3H3,(H,31,33,34). The molecule has 0 bridgehead atoms. The van der Waals surface area contributed by atoms with Crippen molar-refractivity contribution >= 4 is 11.3 Å². The first kappa shape index (κ1) is 23.6. The Morgan fingerprint density at radius 2 is 1.69 bits per heavy atom. The molecule has 1 N–H and O–H groups in total. The molecule has 2 aromatic carbocycles. The van der Waals surface area contributed by atoms with Crippen LogP contribution >= 0.6 is 0 Å². The molecule has 0 atom stereocenters. The minimum atomic E-state index is -4.48. The monoisotopic (exact) mass is 490 g/mol. The van der Waals surface area contributed by atoms with Crippen molar-refractivity contribution in [1.29, 1.82) is 0 Å². The summed E-state index contributed by atoms with van der Waals surface area (Å²) in [5.41, 5.74) is 3.68. The second kappa shape index (κ2) is 9.14. The molecule has 0 fully saturated rings. The van der Waals surface area contributed by atoms with E-state index in [1.165, 1.54) is 10.1 Å². The lowest BCUT2D eigenvalue weighted by Gasteiger charge is -2.14. The topological polar surface area (TPSA) is 60.0 Å². The Hall–Kier alpha value is -4.14. The van der Waals surface area contributed by atoms with E-state index in [1.54, 1.807) is 19.2 Å². The molecule has 0 saturated heterocycles. The first-order valence-electron chi connectivity index (χ1n) is 11.6. The van der Waals surface area contributed by atoms with Crippen molar-refractivity contribution in [2.75, 3.05) is 5.32 Å². The number of alkyl halides is 3. The van der Waals surface area contributed by atoms with E-state index in [1.807, 2.05) is 53.2 Å². The predicted molar refractivity (Wildman–Crippen MR) is 133 cm³/mol. The first-order valence-corrected chi connectivity index (χ1v) is 11.6. The molecule has 5 rings (SSSR count). The molecule has 0 unspecified atom stereocenters. The maximum absolute atomic E-state index is 13.0. The average molecular weight is 491 g/mol. The zero-order valence-corrected chi connectivity index (χ0v) is 20.1. The van der Waals surface area contributed by atoms with Gasteiger partial charge in [-0.25, -0.2) is 14.5 Å². The Morgan fingerprint density at radius 1 is 0.944 bits per heavy atom. The van der Waals surface area contributed by atoms with E-state index in [4.69, 9.17) is 10.1 Å². The van der Waals surface area contributed by atoms with Crippen molar-refractivity contribution in [1.82, 2.24) is 24.1 Å². The number of hydrogen-bond acceptors (Lipinski definition) is 4. The first-order chi connectivity index (χ1) is 17.2.